The lowest BCUT2D eigenvalue weighted by Crippen LogP contribution is -2.09. The summed E-state index contributed by atoms with van der Waals surface area (Å²) in [7, 11) is 1.68. The van der Waals surface area contributed by atoms with Gasteiger partial charge in [0, 0.05) is 18.6 Å². The van der Waals surface area contributed by atoms with E-state index in [1.165, 1.54) is 11.1 Å². The highest BCUT2D eigenvalue weighted by molar-refractivity contribution is 6.18. The van der Waals surface area contributed by atoms with Crippen molar-refractivity contribution in [3.63, 3.8) is 0 Å². The molecule has 1 heterocycles. The summed E-state index contributed by atoms with van der Waals surface area (Å²) in [5.41, 5.74) is 2.55. The summed E-state index contributed by atoms with van der Waals surface area (Å²) < 4.78 is 7.13. The minimum Gasteiger partial charge on any atom is -0.497 e. The van der Waals surface area contributed by atoms with Gasteiger partial charge in [-0.3, -0.25) is 4.68 Å². The van der Waals surface area contributed by atoms with E-state index in [0.717, 1.165) is 25.1 Å². The molecule has 0 spiro atoms. The van der Waals surface area contributed by atoms with Crippen LogP contribution >= 0.6 is 11.6 Å². The van der Waals surface area contributed by atoms with Gasteiger partial charge in [0.15, 0.2) is 0 Å². The quantitative estimate of drug-likeness (QED) is 0.730. The van der Waals surface area contributed by atoms with Crippen LogP contribution in [0.5, 0.6) is 5.75 Å². The third kappa shape index (κ3) is 4.01. The highest BCUT2D eigenvalue weighted by atomic mass is 35.5. The number of rotatable bonds is 7. The smallest absolute Gasteiger partial charge is 0.118 e. The molecule has 0 saturated heterocycles. The van der Waals surface area contributed by atoms with Gasteiger partial charge in [0.25, 0.3) is 0 Å². The molecule has 0 bridgehead atoms. The number of aryl methyl sites for hydroxylation is 1. The first-order valence-electron chi connectivity index (χ1n) is 6.95. The zero-order valence-corrected chi connectivity index (χ0v) is 12.8. The summed E-state index contributed by atoms with van der Waals surface area (Å²) in [5, 5.41) is 4.31. The molecule has 108 valence electrons. The number of benzene rings is 1. The Balaban J connectivity index is 1.97. The number of ether oxygens (including phenoxy) is 1. The van der Waals surface area contributed by atoms with E-state index in [1.54, 1.807) is 7.11 Å². The molecule has 0 aliphatic heterocycles. The van der Waals surface area contributed by atoms with Gasteiger partial charge in [-0.2, -0.15) is 5.10 Å². The van der Waals surface area contributed by atoms with Gasteiger partial charge in [-0.15, -0.1) is 11.6 Å². The van der Waals surface area contributed by atoms with Crippen LogP contribution in [0.15, 0.2) is 36.7 Å². The van der Waals surface area contributed by atoms with E-state index in [0.29, 0.717) is 11.8 Å². The Labute approximate surface area is 125 Å². The first kappa shape index (κ1) is 14.9. The molecule has 2 rings (SSSR count). The molecule has 1 atom stereocenters. The number of aromatic nitrogens is 2. The van der Waals surface area contributed by atoms with Crippen molar-refractivity contribution in [3.8, 4) is 5.75 Å². The summed E-state index contributed by atoms with van der Waals surface area (Å²) in [6, 6.07) is 8.20. The standard InChI is InChI=1S/C16H21ClN2O/c1-3-19-12-15(11-18-19)9-14(10-17)8-13-4-6-16(20-2)7-5-13/h4-7,11-12,14H,3,8-10H2,1-2H3. The predicted molar refractivity (Wildman–Crippen MR) is 82.5 cm³/mol. The van der Waals surface area contributed by atoms with Crippen LogP contribution in [-0.4, -0.2) is 22.8 Å². The average molecular weight is 293 g/mol. The Hall–Kier alpha value is -1.48. The van der Waals surface area contributed by atoms with Crippen LogP contribution < -0.4 is 4.74 Å². The number of nitrogens with zero attached hydrogens (tertiary/aromatic N) is 2. The summed E-state index contributed by atoms with van der Waals surface area (Å²) >= 11 is 6.11. The molecule has 0 N–H and O–H groups in total. The van der Waals surface area contributed by atoms with E-state index >= 15 is 0 Å². The Morgan fingerprint density at radius 2 is 1.90 bits per heavy atom. The third-order valence-electron chi connectivity index (χ3n) is 3.44. The van der Waals surface area contributed by atoms with E-state index in [4.69, 9.17) is 16.3 Å². The Morgan fingerprint density at radius 1 is 1.20 bits per heavy atom. The van der Waals surface area contributed by atoms with Crippen LogP contribution in [0.25, 0.3) is 0 Å². The minimum absolute atomic E-state index is 0.430. The Bertz CT molecular complexity index is 522. The SMILES string of the molecule is CCn1cc(CC(CCl)Cc2ccc(OC)cc2)cn1. The molecule has 2 aromatic rings. The minimum atomic E-state index is 0.430. The lowest BCUT2D eigenvalue weighted by Gasteiger charge is -2.13. The second-order valence-electron chi connectivity index (χ2n) is 4.98. The number of hydrogen-bond donors (Lipinski definition) is 0. The molecule has 0 aliphatic carbocycles. The van der Waals surface area contributed by atoms with Gasteiger partial charge in [-0.05, 0) is 48.9 Å². The highest BCUT2D eigenvalue weighted by Crippen LogP contribution is 2.18. The predicted octanol–water partition coefficient (Wildman–Crippen LogP) is 3.55. The fraction of sp³-hybridized carbons (Fsp3) is 0.438. The molecule has 1 aromatic heterocycles. The molecular formula is C16H21ClN2O. The van der Waals surface area contributed by atoms with Gasteiger partial charge >= 0.3 is 0 Å². The van der Waals surface area contributed by atoms with Gasteiger partial charge in [0.1, 0.15) is 5.75 Å². The first-order chi connectivity index (χ1) is 9.75. The molecule has 4 heteroatoms. The number of hydrogen-bond acceptors (Lipinski definition) is 2. The average Bonchev–Trinajstić information content (AvgIpc) is 2.95. The van der Waals surface area contributed by atoms with E-state index in [1.807, 2.05) is 23.0 Å². The van der Waals surface area contributed by atoms with Crippen molar-refractivity contribution in [1.29, 1.82) is 0 Å². The molecule has 0 saturated carbocycles. The number of alkyl halides is 1. The Kier molecular flexibility index (Phi) is 5.48. The van der Waals surface area contributed by atoms with Crippen LogP contribution in [0.2, 0.25) is 0 Å². The number of halogens is 1. The van der Waals surface area contributed by atoms with Crippen molar-refractivity contribution >= 4 is 11.6 Å². The molecule has 3 nitrogen and oxygen atoms in total. The molecule has 20 heavy (non-hydrogen) atoms. The summed E-state index contributed by atoms with van der Waals surface area (Å²) in [4.78, 5) is 0. The molecular weight excluding hydrogens is 272 g/mol. The second kappa shape index (κ2) is 7.34. The van der Waals surface area contributed by atoms with Crippen molar-refractivity contribution in [2.24, 2.45) is 5.92 Å². The highest BCUT2D eigenvalue weighted by Gasteiger charge is 2.11. The van der Waals surface area contributed by atoms with E-state index in [-0.39, 0.29) is 0 Å². The molecule has 0 fully saturated rings. The maximum atomic E-state index is 6.11. The molecule has 1 aromatic carbocycles. The molecule has 0 amide bonds. The lowest BCUT2D eigenvalue weighted by molar-refractivity contribution is 0.414. The summed E-state index contributed by atoms with van der Waals surface area (Å²) in [6.45, 7) is 3.00. The van der Waals surface area contributed by atoms with E-state index in [2.05, 4.69) is 30.4 Å². The zero-order chi connectivity index (χ0) is 14.4. The third-order valence-corrected chi connectivity index (χ3v) is 3.87. The van der Waals surface area contributed by atoms with Crippen LogP contribution in [0.4, 0.5) is 0 Å². The van der Waals surface area contributed by atoms with Crippen LogP contribution in [0, 0.1) is 5.92 Å². The fourth-order valence-electron chi connectivity index (χ4n) is 2.29. The molecule has 1 unspecified atom stereocenters. The monoisotopic (exact) mass is 292 g/mol. The maximum Gasteiger partial charge on any atom is 0.118 e. The van der Waals surface area contributed by atoms with Gasteiger partial charge < -0.3 is 4.74 Å². The Morgan fingerprint density at radius 3 is 2.45 bits per heavy atom. The molecule has 0 aliphatic rings. The van der Waals surface area contributed by atoms with Gasteiger partial charge in [-0.25, -0.2) is 0 Å². The summed E-state index contributed by atoms with van der Waals surface area (Å²) in [5.74, 6) is 1.98. The second-order valence-corrected chi connectivity index (χ2v) is 5.29. The largest absolute Gasteiger partial charge is 0.497 e. The van der Waals surface area contributed by atoms with Gasteiger partial charge in [-0.1, -0.05) is 12.1 Å². The lowest BCUT2D eigenvalue weighted by atomic mass is 9.95. The molecule has 0 radical (unpaired) electrons. The van der Waals surface area contributed by atoms with Crippen molar-refractivity contribution < 1.29 is 4.74 Å². The van der Waals surface area contributed by atoms with E-state index in [9.17, 15) is 0 Å². The van der Waals surface area contributed by atoms with Gasteiger partial charge in [0.05, 0.1) is 13.3 Å². The summed E-state index contributed by atoms with van der Waals surface area (Å²) in [6.07, 6.45) is 5.99. The van der Waals surface area contributed by atoms with E-state index < -0.39 is 0 Å². The zero-order valence-electron chi connectivity index (χ0n) is 12.1. The van der Waals surface area contributed by atoms with Gasteiger partial charge in [0.2, 0.25) is 0 Å². The van der Waals surface area contributed by atoms with Crippen molar-refractivity contribution in [2.45, 2.75) is 26.3 Å². The first-order valence-corrected chi connectivity index (χ1v) is 7.48. The van der Waals surface area contributed by atoms with Crippen molar-refractivity contribution in [3.05, 3.63) is 47.8 Å². The topological polar surface area (TPSA) is 27.1 Å². The fourth-order valence-corrected chi connectivity index (χ4v) is 2.51. The van der Waals surface area contributed by atoms with Crippen LogP contribution in [0.1, 0.15) is 18.1 Å². The number of methoxy groups -OCH3 is 1. The normalized spacial score (nSPS) is 12.3. The van der Waals surface area contributed by atoms with Crippen molar-refractivity contribution in [2.75, 3.05) is 13.0 Å². The van der Waals surface area contributed by atoms with Crippen molar-refractivity contribution in [1.82, 2.24) is 9.78 Å². The maximum absolute atomic E-state index is 6.11. The van der Waals surface area contributed by atoms with Crippen LogP contribution in [-0.2, 0) is 19.4 Å². The van der Waals surface area contributed by atoms with Crippen LogP contribution in [0.3, 0.4) is 0 Å².